The molecule has 1 heterocycles. The van der Waals surface area contributed by atoms with Crippen molar-refractivity contribution in [3.8, 4) is 0 Å². The van der Waals surface area contributed by atoms with Crippen molar-refractivity contribution < 1.29 is 8.42 Å². The van der Waals surface area contributed by atoms with Gasteiger partial charge >= 0.3 is 0 Å². The maximum atomic E-state index is 12.0. The van der Waals surface area contributed by atoms with Crippen molar-refractivity contribution >= 4 is 31.6 Å². The van der Waals surface area contributed by atoms with Gasteiger partial charge in [0.2, 0.25) is 0 Å². The van der Waals surface area contributed by atoms with Gasteiger partial charge in [-0.3, -0.25) is 4.72 Å². The molecule has 0 unspecified atom stereocenters. The number of benzene rings is 1. The van der Waals surface area contributed by atoms with Crippen molar-refractivity contribution in [1.29, 1.82) is 0 Å². The highest BCUT2D eigenvalue weighted by molar-refractivity contribution is 9.09. The number of alkyl halides is 1. The van der Waals surface area contributed by atoms with Gasteiger partial charge in [0.25, 0.3) is 10.0 Å². The zero-order valence-corrected chi connectivity index (χ0v) is 12.5. The number of nitrogens with zero attached hydrogens (tertiary/aromatic N) is 1. The fourth-order valence-corrected chi connectivity index (χ4v) is 2.90. The highest BCUT2D eigenvalue weighted by Crippen LogP contribution is 2.16. The molecule has 2 rings (SSSR count). The van der Waals surface area contributed by atoms with E-state index in [2.05, 4.69) is 30.6 Å². The lowest BCUT2D eigenvalue weighted by molar-refractivity contribution is 0.598. The molecular weight excluding hydrogens is 330 g/mol. The molecule has 0 aliphatic carbocycles. The predicted octanol–water partition coefficient (Wildman–Crippen LogP) is 2.54. The number of aromatic amines is 1. The molecule has 19 heavy (non-hydrogen) atoms. The lowest BCUT2D eigenvalue weighted by Gasteiger charge is -2.07. The van der Waals surface area contributed by atoms with Crippen molar-refractivity contribution in [2.45, 2.75) is 17.9 Å². The van der Waals surface area contributed by atoms with E-state index in [1.54, 1.807) is 6.07 Å². The standard InChI is InChI=1S/C12H14BrN3O2S/c13-6-2-4-10-3-1-5-11(7-10)16-19(17,18)12-8-14-9-15-12/h1,3,5,7-9,16H,2,4,6H2,(H,14,15). The summed E-state index contributed by atoms with van der Waals surface area (Å²) < 4.78 is 26.5. The smallest absolute Gasteiger partial charge is 0.278 e. The molecule has 0 aliphatic rings. The highest BCUT2D eigenvalue weighted by Gasteiger charge is 2.15. The summed E-state index contributed by atoms with van der Waals surface area (Å²) in [7, 11) is -3.58. The van der Waals surface area contributed by atoms with Crippen LogP contribution in [0.1, 0.15) is 12.0 Å². The first-order valence-electron chi connectivity index (χ1n) is 5.78. The zero-order chi connectivity index (χ0) is 13.7. The van der Waals surface area contributed by atoms with Crippen LogP contribution in [-0.4, -0.2) is 23.7 Å². The Hall–Kier alpha value is -1.34. The van der Waals surface area contributed by atoms with Gasteiger partial charge in [-0.15, -0.1) is 0 Å². The molecule has 0 spiro atoms. The van der Waals surface area contributed by atoms with Crippen molar-refractivity contribution in [2.24, 2.45) is 0 Å². The van der Waals surface area contributed by atoms with Crippen molar-refractivity contribution in [2.75, 3.05) is 10.1 Å². The third-order valence-electron chi connectivity index (χ3n) is 2.54. The number of nitrogens with one attached hydrogen (secondary N) is 2. The van der Waals surface area contributed by atoms with Crippen LogP contribution in [0.2, 0.25) is 0 Å². The third kappa shape index (κ3) is 3.81. The molecule has 0 atom stereocenters. The molecule has 0 fully saturated rings. The summed E-state index contributed by atoms with van der Waals surface area (Å²) in [4.78, 5) is 6.29. The number of aryl methyl sites for hydroxylation is 1. The lowest BCUT2D eigenvalue weighted by atomic mass is 10.1. The van der Waals surface area contributed by atoms with Crippen LogP contribution >= 0.6 is 15.9 Å². The van der Waals surface area contributed by atoms with Gasteiger partial charge in [0, 0.05) is 11.0 Å². The van der Waals surface area contributed by atoms with Crippen molar-refractivity contribution in [1.82, 2.24) is 9.97 Å². The maximum absolute atomic E-state index is 12.0. The van der Waals surface area contributed by atoms with E-state index in [1.165, 1.54) is 12.5 Å². The molecule has 2 N–H and O–H groups in total. The average Bonchev–Trinajstić information content (AvgIpc) is 2.91. The number of hydrogen-bond acceptors (Lipinski definition) is 3. The molecule has 7 heteroatoms. The number of H-pyrrole nitrogens is 1. The van der Waals surface area contributed by atoms with E-state index in [9.17, 15) is 8.42 Å². The summed E-state index contributed by atoms with van der Waals surface area (Å²) in [5.74, 6) is 0. The molecule has 0 aliphatic heterocycles. The normalized spacial score (nSPS) is 11.4. The quantitative estimate of drug-likeness (QED) is 0.791. The van der Waals surface area contributed by atoms with Gasteiger partial charge in [-0.25, -0.2) is 4.98 Å². The van der Waals surface area contributed by atoms with Gasteiger partial charge < -0.3 is 4.98 Å². The Morgan fingerprint density at radius 1 is 1.37 bits per heavy atom. The first kappa shape index (κ1) is 14.1. The lowest BCUT2D eigenvalue weighted by Crippen LogP contribution is -2.13. The van der Waals surface area contributed by atoms with E-state index in [4.69, 9.17) is 0 Å². The minimum Gasteiger partial charge on any atom is -0.334 e. The molecule has 102 valence electrons. The van der Waals surface area contributed by atoms with Crippen molar-refractivity contribution in [3.05, 3.63) is 42.4 Å². The van der Waals surface area contributed by atoms with Crippen LogP contribution in [0.3, 0.4) is 0 Å². The Morgan fingerprint density at radius 3 is 2.89 bits per heavy atom. The van der Waals surface area contributed by atoms with Gasteiger partial charge in [-0.05, 0) is 30.5 Å². The number of imidazole rings is 1. The van der Waals surface area contributed by atoms with E-state index in [0.717, 1.165) is 23.7 Å². The fourth-order valence-electron chi connectivity index (χ4n) is 1.66. The van der Waals surface area contributed by atoms with E-state index in [1.807, 2.05) is 18.2 Å². The Kier molecular flexibility index (Phi) is 4.60. The van der Waals surface area contributed by atoms with Crippen LogP contribution in [0.15, 0.2) is 41.8 Å². The van der Waals surface area contributed by atoms with Crippen LogP contribution in [0.4, 0.5) is 5.69 Å². The van der Waals surface area contributed by atoms with Crippen LogP contribution in [0, 0.1) is 0 Å². The van der Waals surface area contributed by atoms with Gasteiger partial charge in [0.05, 0.1) is 12.5 Å². The van der Waals surface area contributed by atoms with E-state index in [0.29, 0.717) is 5.69 Å². The minimum absolute atomic E-state index is 0.0540. The molecule has 0 radical (unpaired) electrons. The zero-order valence-electron chi connectivity index (χ0n) is 10.1. The van der Waals surface area contributed by atoms with Gasteiger partial charge in [-0.1, -0.05) is 28.1 Å². The fraction of sp³-hybridized carbons (Fsp3) is 0.250. The second kappa shape index (κ2) is 6.21. The summed E-state index contributed by atoms with van der Waals surface area (Å²) in [6.07, 6.45) is 4.53. The van der Waals surface area contributed by atoms with Crippen LogP contribution in [0.25, 0.3) is 0 Å². The number of aromatic nitrogens is 2. The Morgan fingerprint density at radius 2 is 2.21 bits per heavy atom. The number of halogens is 1. The summed E-state index contributed by atoms with van der Waals surface area (Å²) in [6, 6.07) is 7.40. The number of sulfonamides is 1. The predicted molar refractivity (Wildman–Crippen MR) is 78.0 cm³/mol. The van der Waals surface area contributed by atoms with Gasteiger partial charge in [0.1, 0.15) is 0 Å². The monoisotopic (exact) mass is 343 g/mol. The maximum Gasteiger partial charge on any atom is 0.278 e. The second-order valence-electron chi connectivity index (χ2n) is 4.01. The van der Waals surface area contributed by atoms with E-state index >= 15 is 0 Å². The summed E-state index contributed by atoms with van der Waals surface area (Å²) >= 11 is 3.38. The number of rotatable bonds is 6. The van der Waals surface area contributed by atoms with Crippen LogP contribution in [0.5, 0.6) is 0 Å². The molecule has 1 aromatic heterocycles. The Labute approximate surface area is 120 Å². The molecule has 0 saturated carbocycles. The molecule has 0 bridgehead atoms. The molecule has 1 aromatic carbocycles. The minimum atomic E-state index is -3.58. The van der Waals surface area contributed by atoms with Crippen LogP contribution < -0.4 is 4.72 Å². The van der Waals surface area contributed by atoms with Crippen LogP contribution in [-0.2, 0) is 16.4 Å². The Bertz CT molecular complexity index is 626. The molecular formula is C12H14BrN3O2S. The largest absolute Gasteiger partial charge is 0.334 e. The van der Waals surface area contributed by atoms with E-state index < -0.39 is 10.0 Å². The highest BCUT2D eigenvalue weighted by atomic mass is 79.9. The molecule has 0 amide bonds. The molecule has 5 nitrogen and oxygen atoms in total. The Balaban J connectivity index is 2.15. The first-order chi connectivity index (χ1) is 9.12. The topological polar surface area (TPSA) is 74.8 Å². The number of anilines is 1. The number of hydrogen-bond donors (Lipinski definition) is 2. The summed E-state index contributed by atoms with van der Waals surface area (Å²) in [6.45, 7) is 0. The van der Waals surface area contributed by atoms with Gasteiger partial charge in [-0.2, -0.15) is 8.42 Å². The average molecular weight is 344 g/mol. The second-order valence-corrected chi connectivity index (χ2v) is 6.46. The first-order valence-corrected chi connectivity index (χ1v) is 8.38. The van der Waals surface area contributed by atoms with Gasteiger partial charge in [0.15, 0.2) is 5.03 Å². The summed E-state index contributed by atoms with van der Waals surface area (Å²) in [5, 5.41) is 0.982. The molecule has 0 saturated heterocycles. The SMILES string of the molecule is O=S(=O)(Nc1cccc(CCCBr)c1)c1cnc[nH]1. The molecule has 2 aromatic rings. The third-order valence-corrected chi connectivity index (χ3v) is 4.41. The summed E-state index contributed by atoms with van der Waals surface area (Å²) in [5.41, 5.74) is 1.66. The van der Waals surface area contributed by atoms with E-state index in [-0.39, 0.29) is 5.03 Å². The van der Waals surface area contributed by atoms with Crippen molar-refractivity contribution in [3.63, 3.8) is 0 Å².